The molecular weight excluding hydrogens is 512 g/mol. The average Bonchev–Trinajstić information content (AvgIpc) is 3.42. The minimum absolute atomic E-state index is 0.0739. The van der Waals surface area contributed by atoms with Gasteiger partial charge in [0.1, 0.15) is 16.7 Å². The second kappa shape index (κ2) is 12.2. The van der Waals surface area contributed by atoms with Crippen LogP contribution in [0.2, 0.25) is 5.02 Å². The van der Waals surface area contributed by atoms with Gasteiger partial charge in [0.05, 0.1) is 6.20 Å². The van der Waals surface area contributed by atoms with Crippen LogP contribution in [-0.4, -0.2) is 73.1 Å². The number of nitrogens with zero attached hydrogens (tertiary/aromatic N) is 6. The van der Waals surface area contributed by atoms with Gasteiger partial charge in [-0.05, 0) is 49.4 Å². The molecule has 9 nitrogen and oxygen atoms in total. The van der Waals surface area contributed by atoms with E-state index in [1.54, 1.807) is 12.3 Å². The molecule has 0 aliphatic carbocycles. The maximum Gasteiger partial charge on any atom is 0.262 e. The third-order valence-electron chi connectivity index (χ3n) is 7.02. The lowest BCUT2D eigenvalue weighted by atomic mass is 10.1. The topological polar surface area (TPSA) is 100 Å². The van der Waals surface area contributed by atoms with Crippen molar-refractivity contribution in [1.29, 1.82) is 5.26 Å². The zero-order valence-corrected chi connectivity index (χ0v) is 22.6. The number of carbonyl (C=O) groups is 1. The largest absolute Gasteiger partial charge is 0.369 e. The van der Waals surface area contributed by atoms with Crippen molar-refractivity contribution in [3.05, 3.63) is 77.0 Å². The SMILES string of the molecule is CN1CCN(c2ccc(Nc3ncc(Cl)c(N4CC[C@@H](NC(=O)/C(C#N)=C/c5ccccc5)C4)n3)cc2)CC1. The zero-order valence-electron chi connectivity index (χ0n) is 21.8. The Balaban J connectivity index is 1.20. The highest BCUT2D eigenvalue weighted by Crippen LogP contribution is 2.28. The molecule has 2 aliphatic heterocycles. The molecule has 1 atom stereocenters. The average molecular weight is 543 g/mol. The molecular formula is C29H31ClN8O. The van der Waals surface area contributed by atoms with Crippen molar-refractivity contribution in [2.24, 2.45) is 0 Å². The van der Waals surface area contributed by atoms with Crippen LogP contribution >= 0.6 is 11.6 Å². The number of hydrogen-bond acceptors (Lipinski definition) is 8. The van der Waals surface area contributed by atoms with Crippen LogP contribution in [0.1, 0.15) is 12.0 Å². The van der Waals surface area contributed by atoms with Crippen molar-refractivity contribution in [2.75, 3.05) is 61.4 Å². The lowest BCUT2D eigenvalue weighted by Gasteiger charge is -2.34. The normalized spacial score (nSPS) is 18.1. The molecule has 2 N–H and O–H groups in total. The Kier molecular flexibility index (Phi) is 8.25. The molecule has 0 saturated carbocycles. The van der Waals surface area contributed by atoms with E-state index in [-0.39, 0.29) is 17.5 Å². The van der Waals surface area contributed by atoms with Crippen LogP contribution in [0.5, 0.6) is 0 Å². The van der Waals surface area contributed by atoms with Crippen LogP contribution in [0, 0.1) is 11.3 Å². The number of piperazine rings is 1. The van der Waals surface area contributed by atoms with Crippen LogP contribution in [0.4, 0.5) is 23.1 Å². The van der Waals surface area contributed by atoms with Gasteiger partial charge in [0, 0.05) is 56.7 Å². The summed E-state index contributed by atoms with van der Waals surface area (Å²) in [4.78, 5) is 28.5. The molecule has 10 heteroatoms. The standard InChI is InChI=1S/C29H31ClN8O/c1-36-13-15-37(16-14-36)25-9-7-23(8-10-25)34-29-32-19-26(30)27(35-29)38-12-11-24(20-38)33-28(39)22(18-31)17-21-5-3-2-4-6-21/h2-10,17,19,24H,11-16,20H2,1H3,(H,33,39)(H,32,34,35)/b22-17+/t24-/m1/s1. The molecule has 39 heavy (non-hydrogen) atoms. The van der Waals surface area contributed by atoms with Gasteiger partial charge in [-0.25, -0.2) is 4.98 Å². The smallest absolute Gasteiger partial charge is 0.262 e. The monoisotopic (exact) mass is 542 g/mol. The van der Waals surface area contributed by atoms with Crippen molar-refractivity contribution in [3.63, 3.8) is 0 Å². The van der Waals surface area contributed by atoms with Crippen molar-refractivity contribution in [1.82, 2.24) is 20.2 Å². The molecule has 2 aliphatic rings. The second-order valence-corrected chi connectivity index (χ2v) is 10.2. The summed E-state index contributed by atoms with van der Waals surface area (Å²) in [6, 6.07) is 19.5. The first-order valence-electron chi connectivity index (χ1n) is 13.0. The predicted molar refractivity (Wildman–Crippen MR) is 155 cm³/mol. The Morgan fingerprint density at radius 3 is 2.51 bits per heavy atom. The summed E-state index contributed by atoms with van der Waals surface area (Å²) in [6.07, 6.45) is 3.90. The predicted octanol–water partition coefficient (Wildman–Crippen LogP) is 3.93. The number of halogens is 1. The fraction of sp³-hybridized carbons (Fsp3) is 0.310. The van der Waals surface area contributed by atoms with Crippen LogP contribution in [0.15, 0.2) is 66.4 Å². The molecule has 2 fully saturated rings. The first-order valence-corrected chi connectivity index (χ1v) is 13.4. The number of hydrogen-bond donors (Lipinski definition) is 2. The summed E-state index contributed by atoms with van der Waals surface area (Å²) in [7, 11) is 2.15. The Bertz CT molecular complexity index is 1360. The number of nitriles is 1. The number of nitrogens with one attached hydrogen (secondary N) is 2. The Morgan fingerprint density at radius 1 is 1.05 bits per heavy atom. The van der Waals surface area contributed by atoms with Gasteiger partial charge >= 0.3 is 0 Å². The minimum atomic E-state index is -0.385. The van der Waals surface area contributed by atoms with E-state index in [9.17, 15) is 10.1 Å². The van der Waals surface area contributed by atoms with Crippen LogP contribution in [-0.2, 0) is 4.79 Å². The maximum atomic E-state index is 12.8. The van der Waals surface area contributed by atoms with E-state index in [1.165, 1.54) is 5.69 Å². The van der Waals surface area contributed by atoms with Gasteiger partial charge < -0.3 is 25.3 Å². The fourth-order valence-corrected chi connectivity index (χ4v) is 5.00. The van der Waals surface area contributed by atoms with Crippen molar-refractivity contribution >= 4 is 46.7 Å². The molecule has 200 valence electrons. The van der Waals surface area contributed by atoms with E-state index < -0.39 is 0 Å². The maximum absolute atomic E-state index is 12.8. The molecule has 5 rings (SSSR count). The van der Waals surface area contributed by atoms with E-state index in [4.69, 9.17) is 11.6 Å². The Hall–Kier alpha value is -4.13. The zero-order chi connectivity index (χ0) is 27.2. The van der Waals surface area contributed by atoms with Crippen LogP contribution in [0.3, 0.4) is 0 Å². The van der Waals surface area contributed by atoms with Gasteiger partial charge in [-0.1, -0.05) is 41.9 Å². The molecule has 0 spiro atoms. The van der Waals surface area contributed by atoms with Crippen molar-refractivity contribution in [2.45, 2.75) is 12.5 Å². The summed E-state index contributed by atoms with van der Waals surface area (Å²) in [6.45, 7) is 5.37. The van der Waals surface area contributed by atoms with E-state index >= 15 is 0 Å². The first-order chi connectivity index (χ1) is 19.0. The molecule has 1 aromatic heterocycles. The molecule has 1 amide bonds. The highest BCUT2D eigenvalue weighted by atomic mass is 35.5. The minimum Gasteiger partial charge on any atom is -0.369 e. The molecule has 2 saturated heterocycles. The van der Waals surface area contributed by atoms with Gasteiger partial charge in [0.15, 0.2) is 5.82 Å². The highest BCUT2D eigenvalue weighted by molar-refractivity contribution is 6.32. The number of likely N-dealkylation sites (N-methyl/N-ethyl adjacent to an activating group) is 1. The lowest BCUT2D eigenvalue weighted by Crippen LogP contribution is -2.44. The Labute approximate surface area is 233 Å². The third-order valence-corrected chi connectivity index (χ3v) is 7.28. The van der Waals surface area contributed by atoms with Gasteiger partial charge in [-0.3, -0.25) is 4.79 Å². The van der Waals surface area contributed by atoms with Crippen LogP contribution in [0.25, 0.3) is 6.08 Å². The summed E-state index contributed by atoms with van der Waals surface area (Å²) >= 11 is 6.47. The number of carbonyl (C=O) groups excluding carboxylic acids is 1. The van der Waals surface area contributed by atoms with Crippen LogP contribution < -0.4 is 20.4 Å². The molecule has 2 aromatic carbocycles. The fourth-order valence-electron chi connectivity index (χ4n) is 4.79. The number of benzene rings is 2. The summed E-state index contributed by atoms with van der Waals surface area (Å²) in [5.74, 6) is 0.677. The molecule has 0 bridgehead atoms. The summed E-state index contributed by atoms with van der Waals surface area (Å²) in [5, 5.41) is 16.2. The highest BCUT2D eigenvalue weighted by Gasteiger charge is 2.27. The van der Waals surface area contributed by atoms with Gasteiger partial charge in [-0.15, -0.1) is 0 Å². The number of anilines is 4. The van der Waals surface area contributed by atoms with Gasteiger partial charge in [0.25, 0.3) is 5.91 Å². The van der Waals surface area contributed by atoms with Gasteiger partial charge in [0.2, 0.25) is 5.95 Å². The number of aromatic nitrogens is 2. The van der Waals surface area contributed by atoms with Gasteiger partial charge in [-0.2, -0.15) is 10.2 Å². The Morgan fingerprint density at radius 2 is 1.79 bits per heavy atom. The quantitative estimate of drug-likeness (QED) is 0.342. The summed E-state index contributed by atoms with van der Waals surface area (Å²) < 4.78 is 0. The van der Waals surface area contributed by atoms with E-state index in [2.05, 4.69) is 49.6 Å². The number of rotatable bonds is 7. The molecule has 0 radical (unpaired) electrons. The van der Waals surface area contributed by atoms with E-state index in [1.807, 2.05) is 53.4 Å². The molecule has 3 heterocycles. The summed E-state index contributed by atoms with van der Waals surface area (Å²) in [5.41, 5.74) is 2.97. The van der Waals surface area contributed by atoms with E-state index in [0.29, 0.717) is 36.3 Å². The van der Waals surface area contributed by atoms with Crippen molar-refractivity contribution in [3.8, 4) is 6.07 Å². The molecule has 3 aromatic rings. The lowest BCUT2D eigenvalue weighted by molar-refractivity contribution is -0.117. The third kappa shape index (κ3) is 6.66. The van der Waals surface area contributed by atoms with Crippen molar-refractivity contribution < 1.29 is 4.79 Å². The number of amides is 1. The second-order valence-electron chi connectivity index (χ2n) is 9.81. The first kappa shape index (κ1) is 26.5. The van der Waals surface area contributed by atoms with E-state index in [0.717, 1.165) is 37.4 Å². The molecule has 0 unspecified atom stereocenters.